The molecule has 2 amide bonds. The van der Waals surface area contributed by atoms with Crippen LogP contribution in [0.15, 0.2) is 42.5 Å². The molecule has 0 aromatic heterocycles. The predicted molar refractivity (Wildman–Crippen MR) is 81.3 cm³/mol. The van der Waals surface area contributed by atoms with Gasteiger partial charge in [-0.1, -0.05) is 12.1 Å². The molecule has 108 valence electrons. The summed E-state index contributed by atoms with van der Waals surface area (Å²) in [6, 6.07) is 14.5. The second-order valence-electron chi connectivity index (χ2n) is 5.09. The molecule has 0 saturated carbocycles. The molecule has 0 aliphatic carbocycles. The molecule has 3 rings (SSSR count). The lowest BCUT2D eigenvalue weighted by Gasteiger charge is -2.07. The molecule has 1 N–H and O–H groups in total. The average Bonchev–Trinajstić information content (AvgIpc) is 2.78. The number of carbonyl (C=O) groups is 2. The number of anilines is 1. The van der Waals surface area contributed by atoms with Crippen LogP contribution in [0.1, 0.15) is 31.8 Å². The summed E-state index contributed by atoms with van der Waals surface area (Å²) in [4.78, 5) is 24.9. The number of nitrogens with one attached hydrogen (secondary N) is 1. The Morgan fingerprint density at radius 1 is 1.05 bits per heavy atom. The van der Waals surface area contributed by atoms with Crippen LogP contribution in [-0.4, -0.2) is 23.8 Å². The fraction of sp³-hybridized carbons (Fsp3) is 0.118. The summed E-state index contributed by atoms with van der Waals surface area (Å²) in [5.74, 6) is -0.541. The van der Waals surface area contributed by atoms with Gasteiger partial charge in [0.15, 0.2) is 0 Å². The Bertz CT molecular complexity index is 804. The van der Waals surface area contributed by atoms with Gasteiger partial charge in [-0.15, -0.1) is 0 Å². The van der Waals surface area contributed by atoms with E-state index < -0.39 is 0 Å². The number of nitrogens with zero attached hydrogens (tertiary/aromatic N) is 2. The number of amides is 2. The smallest absolute Gasteiger partial charge is 0.261 e. The van der Waals surface area contributed by atoms with Crippen molar-refractivity contribution in [1.29, 1.82) is 5.26 Å². The van der Waals surface area contributed by atoms with Crippen LogP contribution in [0.5, 0.6) is 0 Å². The van der Waals surface area contributed by atoms with E-state index in [0.717, 1.165) is 16.2 Å². The molecule has 0 saturated heterocycles. The van der Waals surface area contributed by atoms with E-state index in [1.54, 1.807) is 30.3 Å². The summed E-state index contributed by atoms with van der Waals surface area (Å²) in [6.07, 6.45) is 0. The van der Waals surface area contributed by atoms with Crippen LogP contribution in [0.25, 0.3) is 0 Å². The summed E-state index contributed by atoms with van der Waals surface area (Å²) in [6.45, 7) is 0.572. The molecular formula is C17H13N3O2. The SMILES string of the molecule is CN1C(=O)c2ccc(NCc3ccc(C#N)cc3)cc2C1=O. The molecular weight excluding hydrogens is 278 g/mol. The van der Waals surface area contributed by atoms with E-state index in [4.69, 9.17) is 5.26 Å². The lowest BCUT2D eigenvalue weighted by molar-refractivity contribution is 0.0693. The zero-order chi connectivity index (χ0) is 15.7. The van der Waals surface area contributed by atoms with Gasteiger partial charge in [0.2, 0.25) is 0 Å². The first kappa shape index (κ1) is 13.8. The summed E-state index contributed by atoms with van der Waals surface area (Å²) in [7, 11) is 1.48. The van der Waals surface area contributed by atoms with Gasteiger partial charge < -0.3 is 5.32 Å². The second kappa shape index (κ2) is 5.34. The van der Waals surface area contributed by atoms with Gasteiger partial charge in [0.25, 0.3) is 11.8 Å². The Morgan fingerprint density at radius 2 is 1.73 bits per heavy atom. The maximum atomic E-state index is 12.0. The van der Waals surface area contributed by atoms with Gasteiger partial charge in [-0.25, -0.2) is 0 Å². The third-order valence-corrected chi connectivity index (χ3v) is 3.67. The van der Waals surface area contributed by atoms with Crippen molar-refractivity contribution in [3.05, 3.63) is 64.7 Å². The summed E-state index contributed by atoms with van der Waals surface area (Å²) in [5, 5.41) is 12.0. The third-order valence-electron chi connectivity index (χ3n) is 3.67. The molecule has 1 aliphatic rings. The Hall–Kier alpha value is -3.13. The normalized spacial score (nSPS) is 13.0. The lowest BCUT2D eigenvalue weighted by atomic mass is 10.1. The molecule has 1 aliphatic heterocycles. The molecule has 0 bridgehead atoms. The first-order valence-electron chi connectivity index (χ1n) is 6.79. The van der Waals surface area contributed by atoms with Gasteiger partial charge in [0, 0.05) is 19.3 Å². The molecule has 0 unspecified atom stereocenters. The molecule has 0 fully saturated rings. The highest BCUT2D eigenvalue weighted by atomic mass is 16.2. The number of nitriles is 1. The van der Waals surface area contributed by atoms with E-state index in [9.17, 15) is 9.59 Å². The number of carbonyl (C=O) groups excluding carboxylic acids is 2. The van der Waals surface area contributed by atoms with Gasteiger partial charge >= 0.3 is 0 Å². The maximum Gasteiger partial charge on any atom is 0.261 e. The predicted octanol–water partition coefficient (Wildman–Crippen LogP) is 2.40. The Morgan fingerprint density at radius 3 is 2.41 bits per heavy atom. The van der Waals surface area contributed by atoms with Gasteiger partial charge in [-0.05, 0) is 35.9 Å². The maximum absolute atomic E-state index is 12.0. The van der Waals surface area contributed by atoms with Crippen LogP contribution in [-0.2, 0) is 6.54 Å². The van der Waals surface area contributed by atoms with Gasteiger partial charge in [0.1, 0.15) is 0 Å². The van der Waals surface area contributed by atoms with E-state index in [2.05, 4.69) is 11.4 Å². The summed E-state index contributed by atoms with van der Waals surface area (Å²) < 4.78 is 0. The molecule has 0 radical (unpaired) electrons. The van der Waals surface area contributed by atoms with Gasteiger partial charge in [0.05, 0.1) is 22.8 Å². The van der Waals surface area contributed by atoms with Crippen molar-refractivity contribution in [3.63, 3.8) is 0 Å². The highest BCUT2D eigenvalue weighted by Crippen LogP contribution is 2.25. The van der Waals surface area contributed by atoms with E-state index in [1.807, 2.05) is 12.1 Å². The van der Waals surface area contributed by atoms with Crippen molar-refractivity contribution in [2.24, 2.45) is 0 Å². The molecule has 1 heterocycles. The topological polar surface area (TPSA) is 73.2 Å². The first-order chi connectivity index (χ1) is 10.6. The van der Waals surface area contributed by atoms with Crippen molar-refractivity contribution in [3.8, 4) is 6.07 Å². The highest BCUT2D eigenvalue weighted by molar-refractivity contribution is 6.21. The van der Waals surface area contributed by atoms with Crippen molar-refractivity contribution in [1.82, 2.24) is 4.90 Å². The Balaban J connectivity index is 1.76. The molecule has 5 heteroatoms. The largest absolute Gasteiger partial charge is 0.381 e. The quantitative estimate of drug-likeness (QED) is 0.881. The Labute approximate surface area is 127 Å². The van der Waals surface area contributed by atoms with Crippen molar-refractivity contribution < 1.29 is 9.59 Å². The number of benzene rings is 2. The molecule has 0 atom stereocenters. The van der Waals surface area contributed by atoms with Crippen LogP contribution in [0.4, 0.5) is 5.69 Å². The first-order valence-corrected chi connectivity index (χ1v) is 6.79. The minimum absolute atomic E-state index is 0.265. The van der Waals surface area contributed by atoms with Crippen molar-refractivity contribution >= 4 is 17.5 Å². The average molecular weight is 291 g/mol. The standard InChI is InChI=1S/C17H13N3O2/c1-20-16(21)14-7-6-13(8-15(14)17(20)22)19-10-12-4-2-11(9-18)3-5-12/h2-8,19H,10H2,1H3. The fourth-order valence-corrected chi connectivity index (χ4v) is 2.37. The van der Waals surface area contributed by atoms with Crippen LogP contribution in [0.2, 0.25) is 0 Å². The minimum atomic E-state index is -0.276. The highest BCUT2D eigenvalue weighted by Gasteiger charge is 2.32. The van der Waals surface area contributed by atoms with Crippen LogP contribution >= 0.6 is 0 Å². The van der Waals surface area contributed by atoms with Crippen molar-refractivity contribution in [2.45, 2.75) is 6.54 Å². The zero-order valence-corrected chi connectivity index (χ0v) is 12.0. The number of imide groups is 1. The number of hydrogen-bond donors (Lipinski definition) is 1. The van der Waals surface area contributed by atoms with E-state index >= 15 is 0 Å². The van der Waals surface area contributed by atoms with E-state index in [0.29, 0.717) is 23.2 Å². The molecule has 5 nitrogen and oxygen atoms in total. The third kappa shape index (κ3) is 2.31. The van der Waals surface area contributed by atoms with E-state index in [1.165, 1.54) is 7.05 Å². The van der Waals surface area contributed by atoms with Crippen LogP contribution in [0, 0.1) is 11.3 Å². The molecule has 22 heavy (non-hydrogen) atoms. The summed E-state index contributed by atoms with van der Waals surface area (Å²) in [5.41, 5.74) is 3.29. The monoisotopic (exact) mass is 291 g/mol. The zero-order valence-electron chi connectivity index (χ0n) is 12.0. The van der Waals surface area contributed by atoms with Crippen LogP contribution in [0.3, 0.4) is 0 Å². The molecule has 0 spiro atoms. The molecule has 2 aromatic rings. The van der Waals surface area contributed by atoms with Crippen molar-refractivity contribution in [2.75, 3.05) is 12.4 Å². The number of fused-ring (bicyclic) bond motifs is 1. The summed E-state index contributed by atoms with van der Waals surface area (Å²) >= 11 is 0. The van der Waals surface area contributed by atoms with E-state index in [-0.39, 0.29) is 11.8 Å². The van der Waals surface area contributed by atoms with Crippen LogP contribution < -0.4 is 5.32 Å². The van der Waals surface area contributed by atoms with Gasteiger partial charge in [-0.3, -0.25) is 14.5 Å². The fourth-order valence-electron chi connectivity index (χ4n) is 2.37. The number of rotatable bonds is 3. The Kier molecular flexibility index (Phi) is 3.36. The molecule has 2 aromatic carbocycles. The minimum Gasteiger partial charge on any atom is -0.381 e. The lowest BCUT2D eigenvalue weighted by Crippen LogP contribution is -2.24. The number of hydrogen-bond acceptors (Lipinski definition) is 4. The van der Waals surface area contributed by atoms with Gasteiger partial charge in [-0.2, -0.15) is 5.26 Å². The second-order valence-corrected chi connectivity index (χ2v) is 5.09.